The average Bonchev–Trinajstić information content (AvgIpc) is 3.16. The summed E-state index contributed by atoms with van der Waals surface area (Å²) in [6.07, 6.45) is 0.223. The summed E-state index contributed by atoms with van der Waals surface area (Å²) < 4.78 is 5.84. The van der Waals surface area contributed by atoms with E-state index in [1.807, 2.05) is 68.4 Å². The number of halogens is 1. The summed E-state index contributed by atoms with van der Waals surface area (Å²) in [5.41, 5.74) is 0.922. The molecule has 0 bridgehead atoms. The first-order chi connectivity index (χ1) is 15.4. The fourth-order valence-corrected chi connectivity index (χ4v) is 12.1. The van der Waals surface area contributed by atoms with Crippen molar-refractivity contribution < 1.29 is 9.53 Å². The Kier molecular flexibility index (Phi) is 6.62. The van der Waals surface area contributed by atoms with E-state index in [-0.39, 0.29) is 18.7 Å². The molecule has 6 heteroatoms. The average molecular weight is 526 g/mol. The first-order valence-electron chi connectivity index (χ1n) is 10.4. The quantitative estimate of drug-likeness (QED) is 0.231. The summed E-state index contributed by atoms with van der Waals surface area (Å²) >= 11 is 5.86. The third-order valence-electron chi connectivity index (χ3n) is 5.67. The molecule has 4 aromatic rings. The van der Waals surface area contributed by atoms with E-state index in [9.17, 15) is 4.79 Å². The number of ether oxygens (including phenoxy) is 1. The van der Waals surface area contributed by atoms with Gasteiger partial charge in [-0.3, -0.25) is 0 Å². The van der Waals surface area contributed by atoms with Gasteiger partial charge in [-0.25, -0.2) is 0 Å². The molecule has 0 aliphatic carbocycles. The molecule has 0 radical (unpaired) electrons. The summed E-state index contributed by atoms with van der Waals surface area (Å²) in [5.74, 6) is -0.235. The van der Waals surface area contributed by atoms with E-state index in [0.717, 1.165) is 31.5 Å². The molecule has 0 saturated heterocycles. The van der Waals surface area contributed by atoms with Crippen molar-refractivity contribution in [2.24, 2.45) is 0 Å². The summed E-state index contributed by atoms with van der Waals surface area (Å²) in [5, 5.41) is 0.939. The van der Waals surface area contributed by atoms with Gasteiger partial charge in [0, 0.05) is 0 Å². The van der Waals surface area contributed by atoms with Crippen molar-refractivity contribution in [2.75, 3.05) is 6.16 Å². The number of thiazole rings is 1. The van der Waals surface area contributed by atoms with Crippen LogP contribution in [0.2, 0.25) is 0 Å². The maximum absolute atomic E-state index is 13.4. The van der Waals surface area contributed by atoms with Gasteiger partial charge in [0.25, 0.3) is 0 Å². The Bertz CT molecular complexity index is 1110. The zero-order chi connectivity index (χ0) is 22.6. The fraction of sp³-hybridized carbons (Fsp3) is 0.154. The summed E-state index contributed by atoms with van der Waals surface area (Å²) in [7, 11) is 0. The van der Waals surface area contributed by atoms with Crippen molar-refractivity contribution in [3.8, 4) is 0 Å². The van der Waals surface area contributed by atoms with Crippen LogP contribution in [0.25, 0.3) is 0 Å². The van der Waals surface area contributed by atoms with Crippen LogP contribution < -0.4 is 15.9 Å². The summed E-state index contributed by atoms with van der Waals surface area (Å²) in [6, 6.07) is 30.8. The van der Waals surface area contributed by atoms with Crippen LogP contribution in [0.3, 0.4) is 0 Å². The van der Waals surface area contributed by atoms with E-state index in [4.69, 9.17) is 4.74 Å². The van der Waals surface area contributed by atoms with Gasteiger partial charge < -0.3 is 0 Å². The molecule has 3 nitrogen and oxygen atoms in total. The molecule has 0 aliphatic heterocycles. The van der Waals surface area contributed by atoms with Gasteiger partial charge in [-0.05, 0) is 0 Å². The molecule has 0 aliphatic rings. The monoisotopic (exact) mass is 525 g/mol. The third-order valence-corrected chi connectivity index (χ3v) is 16.1. The van der Waals surface area contributed by atoms with Crippen molar-refractivity contribution in [3.63, 3.8) is 0 Å². The predicted molar refractivity (Wildman–Crippen MR) is 140 cm³/mol. The van der Waals surface area contributed by atoms with Crippen molar-refractivity contribution in [1.29, 1.82) is 0 Å². The topological polar surface area (TPSA) is 39.2 Å². The molecule has 0 amide bonds. The van der Waals surface area contributed by atoms with E-state index in [2.05, 4.69) is 56.9 Å². The van der Waals surface area contributed by atoms with Gasteiger partial charge in [-0.15, -0.1) is 0 Å². The van der Waals surface area contributed by atoms with Crippen LogP contribution in [0, 0.1) is 13.8 Å². The molecule has 4 rings (SSSR count). The number of nitrogens with zero attached hydrogens (tertiary/aromatic N) is 1. The van der Waals surface area contributed by atoms with Gasteiger partial charge >= 0.3 is 202 Å². The van der Waals surface area contributed by atoms with E-state index >= 15 is 0 Å². The van der Waals surface area contributed by atoms with Gasteiger partial charge in [0.15, 0.2) is 0 Å². The molecule has 0 saturated carbocycles. The standard InChI is InChI=1S/C26H25BrNO2PS/c1-20-25(32-21(2)28-20)18-30-26(29)19-31(27,22-12-6-3-7-13-22,23-14-8-4-9-15-23)24-16-10-5-11-17-24/h3-17H,18-19H2,1-2H3. The Morgan fingerprint density at radius 1 is 0.844 bits per heavy atom. The van der Waals surface area contributed by atoms with Crippen molar-refractivity contribution >= 4 is 54.0 Å². The molecule has 0 atom stereocenters. The number of hydrogen-bond acceptors (Lipinski definition) is 4. The molecule has 32 heavy (non-hydrogen) atoms. The molecule has 0 fully saturated rings. The van der Waals surface area contributed by atoms with Gasteiger partial charge in [-0.1, -0.05) is 0 Å². The molecular weight excluding hydrogens is 501 g/mol. The van der Waals surface area contributed by atoms with E-state index in [1.165, 1.54) is 0 Å². The molecule has 0 spiro atoms. The number of esters is 1. The normalized spacial score (nSPS) is 12.7. The summed E-state index contributed by atoms with van der Waals surface area (Å²) in [6.45, 7) is 4.16. The second-order valence-corrected chi connectivity index (χ2v) is 18.0. The van der Waals surface area contributed by atoms with Crippen LogP contribution in [0.5, 0.6) is 0 Å². The molecular formula is C26H25BrNO2PS. The van der Waals surface area contributed by atoms with Crippen molar-refractivity contribution in [2.45, 2.75) is 20.5 Å². The van der Waals surface area contributed by atoms with Crippen LogP contribution in [-0.2, 0) is 16.1 Å². The molecule has 1 heterocycles. The number of carbonyl (C=O) groups excluding carboxylic acids is 1. The second-order valence-electron chi connectivity index (χ2n) is 7.75. The molecule has 164 valence electrons. The number of rotatable bonds is 7. The zero-order valence-corrected chi connectivity index (χ0v) is 21.4. The van der Waals surface area contributed by atoms with Crippen molar-refractivity contribution in [3.05, 3.63) is 107 Å². The number of aryl methyl sites for hydroxylation is 2. The Labute approximate surface area is 201 Å². The number of aromatic nitrogens is 1. The number of hydrogen-bond donors (Lipinski definition) is 0. The van der Waals surface area contributed by atoms with Crippen LogP contribution >= 0.6 is 32.1 Å². The Morgan fingerprint density at radius 3 is 1.66 bits per heavy atom. The van der Waals surface area contributed by atoms with Gasteiger partial charge in [0.1, 0.15) is 0 Å². The SMILES string of the molecule is Cc1nc(C)c(COC(=O)CP(Br)(c2ccccc2)(c2ccccc2)c2ccccc2)s1. The molecule has 1 aromatic heterocycles. The minimum atomic E-state index is -3.32. The second kappa shape index (κ2) is 9.27. The minimum absolute atomic E-state index is 0.223. The number of carbonyl (C=O) groups is 1. The van der Waals surface area contributed by atoms with E-state index in [1.54, 1.807) is 11.3 Å². The zero-order valence-electron chi connectivity index (χ0n) is 18.1. The number of benzene rings is 3. The van der Waals surface area contributed by atoms with Crippen LogP contribution in [0.1, 0.15) is 15.6 Å². The van der Waals surface area contributed by atoms with Crippen molar-refractivity contribution in [1.82, 2.24) is 4.98 Å². The van der Waals surface area contributed by atoms with E-state index in [0.29, 0.717) is 0 Å². The van der Waals surface area contributed by atoms with Crippen LogP contribution in [-0.4, -0.2) is 17.1 Å². The Balaban J connectivity index is 1.82. The maximum atomic E-state index is 13.4. The van der Waals surface area contributed by atoms with Gasteiger partial charge in [-0.2, -0.15) is 0 Å². The Hall–Kier alpha value is -2.33. The fourth-order valence-electron chi connectivity index (χ4n) is 4.08. The first-order valence-corrected chi connectivity index (χ1v) is 15.7. The Morgan fingerprint density at radius 2 is 1.28 bits per heavy atom. The third kappa shape index (κ3) is 4.17. The molecule has 0 unspecified atom stereocenters. The summed E-state index contributed by atoms with van der Waals surface area (Å²) in [4.78, 5) is 18.9. The van der Waals surface area contributed by atoms with Crippen LogP contribution in [0.4, 0.5) is 0 Å². The first kappa shape index (κ1) is 22.8. The molecule has 3 aromatic carbocycles. The van der Waals surface area contributed by atoms with E-state index < -0.39 is 5.31 Å². The van der Waals surface area contributed by atoms with Crippen LogP contribution in [0.15, 0.2) is 91.0 Å². The predicted octanol–water partition coefficient (Wildman–Crippen LogP) is 5.64. The molecule has 0 N–H and O–H groups in total. The van der Waals surface area contributed by atoms with Gasteiger partial charge in [0.2, 0.25) is 0 Å². The van der Waals surface area contributed by atoms with Gasteiger partial charge in [0.05, 0.1) is 0 Å².